The molecule has 5 nitrogen and oxygen atoms in total. The lowest BCUT2D eigenvalue weighted by Crippen LogP contribution is -2.40. The lowest BCUT2D eigenvalue weighted by atomic mass is 10.1. The van der Waals surface area contributed by atoms with E-state index in [2.05, 4.69) is 15.3 Å². The molecular formula is C18H21ClN4O. The van der Waals surface area contributed by atoms with Crippen LogP contribution in [0.1, 0.15) is 35.3 Å². The predicted octanol–water partition coefficient (Wildman–Crippen LogP) is 2.91. The van der Waals surface area contributed by atoms with Gasteiger partial charge in [0.25, 0.3) is 5.91 Å². The van der Waals surface area contributed by atoms with Crippen LogP contribution in [0.15, 0.2) is 42.9 Å². The number of amides is 1. The van der Waals surface area contributed by atoms with E-state index in [1.54, 1.807) is 18.5 Å². The molecule has 2 aromatic heterocycles. The Morgan fingerprint density at radius 1 is 1.25 bits per heavy atom. The Morgan fingerprint density at radius 3 is 2.96 bits per heavy atom. The van der Waals surface area contributed by atoms with E-state index in [1.165, 1.54) is 6.20 Å². The van der Waals surface area contributed by atoms with Crippen molar-refractivity contribution in [3.8, 4) is 0 Å². The van der Waals surface area contributed by atoms with Crippen LogP contribution in [0.2, 0.25) is 5.02 Å². The third-order valence-corrected chi connectivity index (χ3v) is 4.61. The van der Waals surface area contributed by atoms with Gasteiger partial charge in [0.05, 0.1) is 22.8 Å². The van der Waals surface area contributed by atoms with Gasteiger partial charge in [0.1, 0.15) is 0 Å². The highest BCUT2D eigenvalue weighted by Gasteiger charge is 2.27. The molecule has 1 N–H and O–H groups in total. The minimum Gasteiger partial charge on any atom is -0.330 e. The molecular weight excluding hydrogens is 324 g/mol. The normalized spacial score (nSPS) is 18.0. The van der Waals surface area contributed by atoms with Crippen LogP contribution in [-0.4, -0.2) is 39.9 Å². The van der Waals surface area contributed by atoms with Gasteiger partial charge in [0.15, 0.2) is 0 Å². The zero-order valence-corrected chi connectivity index (χ0v) is 14.2. The Kier molecular flexibility index (Phi) is 5.77. The number of carbonyl (C=O) groups is 1. The summed E-state index contributed by atoms with van der Waals surface area (Å²) in [4.78, 5) is 23.4. The first-order valence-electron chi connectivity index (χ1n) is 8.27. The molecule has 1 amide bonds. The summed E-state index contributed by atoms with van der Waals surface area (Å²) >= 11 is 6.20. The van der Waals surface area contributed by atoms with Crippen molar-refractivity contribution in [3.05, 3.63) is 59.1 Å². The highest BCUT2D eigenvalue weighted by atomic mass is 35.5. The number of rotatable bonds is 4. The van der Waals surface area contributed by atoms with Gasteiger partial charge in [-0.1, -0.05) is 17.7 Å². The summed E-state index contributed by atoms with van der Waals surface area (Å²) < 4.78 is 0. The molecule has 1 aliphatic rings. The Hall–Kier alpha value is -1.98. The number of hydrogen-bond donors (Lipinski definition) is 1. The van der Waals surface area contributed by atoms with Crippen LogP contribution in [0.4, 0.5) is 0 Å². The van der Waals surface area contributed by atoms with Gasteiger partial charge in [0.2, 0.25) is 0 Å². The summed E-state index contributed by atoms with van der Waals surface area (Å²) in [5.74, 6) is -0.0556. The molecule has 3 rings (SSSR count). The molecule has 126 valence electrons. The smallest absolute Gasteiger partial charge is 0.256 e. The maximum atomic E-state index is 13.1. The van der Waals surface area contributed by atoms with Gasteiger partial charge in [-0.25, -0.2) is 0 Å². The topological polar surface area (TPSA) is 58.1 Å². The second-order valence-electron chi connectivity index (χ2n) is 5.94. The van der Waals surface area contributed by atoms with Crippen LogP contribution in [0.25, 0.3) is 0 Å². The van der Waals surface area contributed by atoms with Crippen LogP contribution < -0.4 is 5.32 Å². The minimum atomic E-state index is -0.0556. The van der Waals surface area contributed by atoms with E-state index in [1.807, 2.05) is 23.1 Å². The van der Waals surface area contributed by atoms with E-state index < -0.39 is 0 Å². The first-order chi connectivity index (χ1) is 11.8. The van der Waals surface area contributed by atoms with Gasteiger partial charge in [-0.15, -0.1) is 0 Å². The minimum absolute atomic E-state index is 0.0556. The number of halogens is 1. The number of nitrogens with one attached hydrogen (secondary N) is 1. The van der Waals surface area contributed by atoms with Crippen molar-refractivity contribution in [1.29, 1.82) is 0 Å². The van der Waals surface area contributed by atoms with E-state index in [0.717, 1.165) is 38.0 Å². The van der Waals surface area contributed by atoms with Gasteiger partial charge in [-0.2, -0.15) is 0 Å². The van der Waals surface area contributed by atoms with Crippen molar-refractivity contribution >= 4 is 17.5 Å². The van der Waals surface area contributed by atoms with Gasteiger partial charge < -0.3 is 10.2 Å². The van der Waals surface area contributed by atoms with Crippen LogP contribution in [-0.2, 0) is 6.54 Å². The largest absolute Gasteiger partial charge is 0.330 e. The molecule has 0 radical (unpaired) electrons. The highest BCUT2D eigenvalue weighted by Crippen LogP contribution is 2.22. The second-order valence-corrected chi connectivity index (χ2v) is 6.35. The fourth-order valence-electron chi connectivity index (χ4n) is 3.05. The second kappa shape index (κ2) is 8.22. The predicted molar refractivity (Wildman–Crippen MR) is 93.9 cm³/mol. The molecule has 0 bridgehead atoms. The molecule has 1 aliphatic heterocycles. The van der Waals surface area contributed by atoms with Gasteiger partial charge >= 0.3 is 0 Å². The maximum Gasteiger partial charge on any atom is 0.256 e. The molecule has 1 atom stereocenters. The summed E-state index contributed by atoms with van der Waals surface area (Å²) in [7, 11) is 0. The molecule has 1 unspecified atom stereocenters. The van der Waals surface area contributed by atoms with Crippen LogP contribution in [0.3, 0.4) is 0 Å². The molecule has 3 heterocycles. The van der Waals surface area contributed by atoms with Gasteiger partial charge in [-0.05, 0) is 50.6 Å². The zero-order valence-electron chi connectivity index (χ0n) is 13.5. The van der Waals surface area contributed by atoms with Crippen molar-refractivity contribution in [2.24, 2.45) is 0 Å². The summed E-state index contributed by atoms with van der Waals surface area (Å²) in [6, 6.07) is 7.64. The Balaban J connectivity index is 1.88. The van der Waals surface area contributed by atoms with E-state index in [4.69, 9.17) is 11.6 Å². The van der Waals surface area contributed by atoms with E-state index in [0.29, 0.717) is 17.1 Å². The lowest BCUT2D eigenvalue weighted by Gasteiger charge is -2.31. The zero-order chi connectivity index (χ0) is 16.8. The summed E-state index contributed by atoms with van der Waals surface area (Å²) in [6.45, 7) is 2.40. The van der Waals surface area contributed by atoms with Crippen LogP contribution >= 0.6 is 11.6 Å². The molecule has 1 saturated heterocycles. The third-order valence-electron chi connectivity index (χ3n) is 4.31. The van der Waals surface area contributed by atoms with Gasteiger partial charge in [-0.3, -0.25) is 14.8 Å². The SMILES string of the molecule is O=C(c1ccncc1Cl)N(Cc1ccccn1)C1CCCNCC1. The van der Waals surface area contributed by atoms with Crippen LogP contribution in [0.5, 0.6) is 0 Å². The van der Waals surface area contributed by atoms with E-state index >= 15 is 0 Å². The van der Waals surface area contributed by atoms with E-state index in [9.17, 15) is 4.79 Å². The van der Waals surface area contributed by atoms with Gasteiger partial charge in [0, 0.05) is 24.6 Å². The molecule has 0 aromatic carbocycles. The maximum absolute atomic E-state index is 13.1. The van der Waals surface area contributed by atoms with Crippen molar-refractivity contribution in [3.63, 3.8) is 0 Å². The number of nitrogens with zero attached hydrogens (tertiary/aromatic N) is 3. The molecule has 1 fully saturated rings. The summed E-state index contributed by atoms with van der Waals surface area (Å²) in [6.07, 6.45) is 7.84. The summed E-state index contributed by atoms with van der Waals surface area (Å²) in [5, 5.41) is 3.79. The fraction of sp³-hybridized carbons (Fsp3) is 0.389. The molecule has 0 spiro atoms. The average molecular weight is 345 g/mol. The standard InChI is InChI=1S/C18H21ClN4O/c19-17-12-21-11-7-16(17)18(24)23(13-14-4-1-2-9-22-14)15-5-3-8-20-10-6-15/h1-2,4,7,9,11-12,15,20H,3,5-6,8,10,13H2. The molecule has 24 heavy (non-hydrogen) atoms. The first kappa shape index (κ1) is 16.9. The van der Waals surface area contributed by atoms with Crippen LogP contribution in [0, 0.1) is 0 Å². The fourth-order valence-corrected chi connectivity index (χ4v) is 3.25. The number of hydrogen-bond acceptors (Lipinski definition) is 4. The molecule has 0 aliphatic carbocycles. The highest BCUT2D eigenvalue weighted by molar-refractivity contribution is 6.33. The monoisotopic (exact) mass is 344 g/mol. The quantitative estimate of drug-likeness (QED) is 0.926. The molecule has 2 aromatic rings. The summed E-state index contributed by atoms with van der Waals surface area (Å²) in [5.41, 5.74) is 1.38. The number of pyridine rings is 2. The van der Waals surface area contributed by atoms with Crippen molar-refractivity contribution in [2.45, 2.75) is 31.8 Å². The third kappa shape index (κ3) is 4.10. The number of aromatic nitrogens is 2. The Morgan fingerprint density at radius 2 is 2.17 bits per heavy atom. The Labute approximate surface area is 147 Å². The van der Waals surface area contributed by atoms with Crippen molar-refractivity contribution in [1.82, 2.24) is 20.2 Å². The Bertz CT molecular complexity index is 672. The average Bonchev–Trinajstić information content (AvgIpc) is 2.90. The van der Waals surface area contributed by atoms with Crippen molar-refractivity contribution in [2.75, 3.05) is 13.1 Å². The molecule has 0 saturated carbocycles. The van der Waals surface area contributed by atoms with Crippen molar-refractivity contribution < 1.29 is 4.79 Å². The number of carbonyl (C=O) groups excluding carboxylic acids is 1. The van der Waals surface area contributed by atoms with E-state index in [-0.39, 0.29) is 11.9 Å². The first-order valence-corrected chi connectivity index (χ1v) is 8.64. The lowest BCUT2D eigenvalue weighted by molar-refractivity contribution is 0.0642. The molecule has 6 heteroatoms.